The van der Waals surface area contributed by atoms with Crippen LogP contribution in [0.2, 0.25) is 0 Å². The first-order valence-electron chi connectivity index (χ1n) is 7.24. The fraction of sp³-hybridized carbons (Fsp3) is 1.00. The van der Waals surface area contributed by atoms with E-state index in [-0.39, 0.29) is 6.10 Å². The summed E-state index contributed by atoms with van der Waals surface area (Å²) in [5.41, 5.74) is 0. The molecule has 0 aromatic carbocycles. The second kappa shape index (κ2) is 10.7. The summed E-state index contributed by atoms with van der Waals surface area (Å²) in [7, 11) is 1.68. The zero-order chi connectivity index (χ0) is 13.1. The molecular weight excluding hydrogens is 230 g/mol. The predicted molar refractivity (Wildman–Crippen MR) is 73.0 cm³/mol. The Bertz CT molecular complexity index is 184. The molecular formula is C14H29NO3. The van der Waals surface area contributed by atoms with Gasteiger partial charge in [-0.25, -0.2) is 0 Å². The van der Waals surface area contributed by atoms with Crippen molar-refractivity contribution in [2.75, 3.05) is 40.1 Å². The fourth-order valence-corrected chi connectivity index (χ4v) is 2.25. The van der Waals surface area contributed by atoms with Crippen molar-refractivity contribution in [3.63, 3.8) is 0 Å². The summed E-state index contributed by atoms with van der Waals surface area (Å²) in [4.78, 5) is 0. The number of rotatable bonds is 10. The van der Waals surface area contributed by atoms with E-state index in [0.717, 1.165) is 6.54 Å². The lowest BCUT2D eigenvalue weighted by Gasteiger charge is -2.24. The first kappa shape index (κ1) is 15.9. The van der Waals surface area contributed by atoms with Crippen molar-refractivity contribution in [3.05, 3.63) is 0 Å². The van der Waals surface area contributed by atoms with Gasteiger partial charge in [0.25, 0.3) is 0 Å². The van der Waals surface area contributed by atoms with E-state index >= 15 is 0 Å². The standard InChI is InChI=1S/C14H29NO3/c1-13(18-11-10-17-9-8-16-2)12-15-14-6-4-3-5-7-14/h13-15H,3-12H2,1-2H3. The fourth-order valence-electron chi connectivity index (χ4n) is 2.25. The highest BCUT2D eigenvalue weighted by Gasteiger charge is 2.13. The van der Waals surface area contributed by atoms with Gasteiger partial charge in [-0.1, -0.05) is 19.3 Å². The van der Waals surface area contributed by atoms with Crippen molar-refractivity contribution < 1.29 is 14.2 Å². The molecule has 1 fully saturated rings. The van der Waals surface area contributed by atoms with Crippen LogP contribution in [0.1, 0.15) is 39.0 Å². The van der Waals surface area contributed by atoms with E-state index in [1.165, 1.54) is 32.1 Å². The summed E-state index contributed by atoms with van der Waals surface area (Å²) in [6, 6.07) is 0.711. The largest absolute Gasteiger partial charge is 0.382 e. The lowest BCUT2D eigenvalue weighted by Crippen LogP contribution is -2.37. The van der Waals surface area contributed by atoms with Crippen molar-refractivity contribution in [2.24, 2.45) is 0 Å². The Morgan fingerprint density at radius 2 is 1.78 bits per heavy atom. The summed E-state index contributed by atoms with van der Waals surface area (Å²) in [5.74, 6) is 0. The van der Waals surface area contributed by atoms with E-state index in [4.69, 9.17) is 14.2 Å². The Hall–Kier alpha value is -0.160. The van der Waals surface area contributed by atoms with Crippen molar-refractivity contribution in [2.45, 2.75) is 51.2 Å². The molecule has 18 heavy (non-hydrogen) atoms. The molecule has 0 amide bonds. The summed E-state index contributed by atoms with van der Waals surface area (Å²) in [6.45, 7) is 5.68. The van der Waals surface area contributed by atoms with E-state index in [1.54, 1.807) is 7.11 Å². The minimum absolute atomic E-state index is 0.262. The third-order valence-corrected chi connectivity index (χ3v) is 3.36. The number of hydrogen-bond acceptors (Lipinski definition) is 4. The Labute approximate surface area is 111 Å². The van der Waals surface area contributed by atoms with Gasteiger partial charge in [-0.2, -0.15) is 0 Å². The summed E-state index contributed by atoms with van der Waals surface area (Å²) < 4.78 is 15.9. The van der Waals surface area contributed by atoms with Crippen molar-refractivity contribution in [3.8, 4) is 0 Å². The van der Waals surface area contributed by atoms with Crippen LogP contribution in [0.25, 0.3) is 0 Å². The van der Waals surface area contributed by atoms with Crippen LogP contribution in [0.3, 0.4) is 0 Å². The molecule has 1 atom stereocenters. The number of nitrogens with one attached hydrogen (secondary N) is 1. The van der Waals surface area contributed by atoms with Crippen LogP contribution in [-0.4, -0.2) is 52.2 Å². The molecule has 0 radical (unpaired) electrons. The normalized spacial score (nSPS) is 19.0. The third kappa shape index (κ3) is 8.03. The number of methoxy groups -OCH3 is 1. The molecule has 0 aliphatic heterocycles. The van der Waals surface area contributed by atoms with Gasteiger partial charge in [0, 0.05) is 19.7 Å². The van der Waals surface area contributed by atoms with Crippen molar-refractivity contribution in [1.82, 2.24) is 5.32 Å². The van der Waals surface area contributed by atoms with Crippen LogP contribution in [0, 0.1) is 0 Å². The van der Waals surface area contributed by atoms with Crippen LogP contribution in [-0.2, 0) is 14.2 Å². The van der Waals surface area contributed by atoms with Crippen molar-refractivity contribution in [1.29, 1.82) is 0 Å². The zero-order valence-corrected chi connectivity index (χ0v) is 12.0. The van der Waals surface area contributed by atoms with Crippen LogP contribution < -0.4 is 5.32 Å². The van der Waals surface area contributed by atoms with Crippen LogP contribution >= 0.6 is 0 Å². The molecule has 4 nitrogen and oxygen atoms in total. The topological polar surface area (TPSA) is 39.7 Å². The molecule has 0 spiro atoms. The van der Waals surface area contributed by atoms with Gasteiger partial charge in [0.15, 0.2) is 0 Å². The molecule has 1 N–H and O–H groups in total. The Balaban J connectivity index is 1.88. The molecule has 0 bridgehead atoms. The lowest BCUT2D eigenvalue weighted by molar-refractivity contribution is -0.000907. The molecule has 108 valence electrons. The molecule has 0 saturated heterocycles. The van der Waals surface area contributed by atoms with Gasteiger partial charge in [-0.05, 0) is 19.8 Å². The molecule has 4 heteroatoms. The van der Waals surface area contributed by atoms with Gasteiger partial charge in [-0.15, -0.1) is 0 Å². The van der Waals surface area contributed by atoms with Gasteiger partial charge in [-0.3, -0.25) is 0 Å². The third-order valence-electron chi connectivity index (χ3n) is 3.36. The second-order valence-corrected chi connectivity index (χ2v) is 5.03. The molecule has 0 heterocycles. The maximum absolute atomic E-state index is 5.68. The Morgan fingerprint density at radius 1 is 1.06 bits per heavy atom. The van der Waals surface area contributed by atoms with Crippen molar-refractivity contribution >= 4 is 0 Å². The first-order chi connectivity index (χ1) is 8.83. The minimum atomic E-state index is 0.262. The van der Waals surface area contributed by atoms with Crippen LogP contribution in [0.5, 0.6) is 0 Å². The highest BCUT2D eigenvalue weighted by molar-refractivity contribution is 4.72. The monoisotopic (exact) mass is 259 g/mol. The molecule has 1 aliphatic carbocycles. The smallest absolute Gasteiger partial charge is 0.0704 e. The van der Waals surface area contributed by atoms with Gasteiger partial charge >= 0.3 is 0 Å². The average Bonchev–Trinajstić information content (AvgIpc) is 2.41. The van der Waals surface area contributed by atoms with Crippen LogP contribution in [0.4, 0.5) is 0 Å². The Kier molecular flexibility index (Phi) is 9.48. The van der Waals surface area contributed by atoms with Gasteiger partial charge in [0.05, 0.1) is 32.5 Å². The maximum atomic E-state index is 5.68. The quantitative estimate of drug-likeness (QED) is 0.609. The van der Waals surface area contributed by atoms with Gasteiger partial charge in [0.2, 0.25) is 0 Å². The highest BCUT2D eigenvalue weighted by Crippen LogP contribution is 2.17. The summed E-state index contributed by atoms with van der Waals surface area (Å²) >= 11 is 0. The highest BCUT2D eigenvalue weighted by atomic mass is 16.5. The van der Waals surface area contributed by atoms with E-state index < -0.39 is 0 Å². The first-order valence-corrected chi connectivity index (χ1v) is 7.24. The SMILES string of the molecule is COCCOCCOC(C)CNC1CCCCC1. The summed E-state index contributed by atoms with van der Waals surface area (Å²) in [5, 5.41) is 3.60. The average molecular weight is 259 g/mol. The zero-order valence-electron chi connectivity index (χ0n) is 12.0. The van der Waals surface area contributed by atoms with E-state index in [1.807, 2.05) is 0 Å². The van der Waals surface area contributed by atoms with E-state index in [2.05, 4.69) is 12.2 Å². The summed E-state index contributed by atoms with van der Waals surface area (Å²) in [6.07, 6.45) is 7.07. The molecule has 1 unspecified atom stereocenters. The van der Waals surface area contributed by atoms with Gasteiger partial charge in [0.1, 0.15) is 0 Å². The Morgan fingerprint density at radius 3 is 2.50 bits per heavy atom. The molecule has 0 aromatic heterocycles. The molecule has 1 rings (SSSR count). The second-order valence-electron chi connectivity index (χ2n) is 5.03. The predicted octanol–water partition coefficient (Wildman–Crippen LogP) is 1.98. The van der Waals surface area contributed by atoms with Crippen LogP contribution in [0.15, 0.2) is 0 Å². The molecule has 1 aliphatic rings. The van der Waals surface area contributed by atoms with Gasteiger partial charge < -0.3 is 19.5 Å². The number of ether oxygens (including phenoxy) is 3. The van der Waals surface area contributed by atoms with E-state index in [9.17, 15) is 0 Å². The minimum Gasteiger partial charge on any atom is -0.382 e. The number of hydrogen-bond donors (Lipinski definition) is 1. The maximum Gasteiger partial charge on any atom is 0.0704 e. The molecule has 1 saturated carbocycles. The lowest BCUT2D eigenvalue weighted by atomic mass is 9.95. The van der Waals surface area contributed by atoms with E-state index in [0.29, 0.717) is 32.5 Å². The molecule has 0 aromatic rings.